The van der Waals surface area contributed by atoms with E-state index in [4.69, 9.17) is 18.9 Å². The van der Waals surface area contributed by atoms with Gasteiger partial charge in [0.1, 0.15) is 18.8 Å². The van der Waals surface area contributed by atoms with Gasteiger partial charge in [-0.2, -0.15) is 0 Å². The first kappa shape index (κ1) is 20.3. The Balaban J connectivity index is 4.95. The van der Waals surface area contributed by atoms with Gasteiger partial charge in [0.05, 0.1) is 38.4 Å². The molecule has 0 aromatic rings. The van der Waals surface area contributed by atoms with Crippen LogP contribution in [0.1, 0.15) is 20.3 Å². The predicted octanol–water partition coefficient (Wildman–Crippen LogP) is 4.25. The number of ether oxygens (including phenoxy) is 4. The molecule has 0 heterocycles. The molecule has 0 rings (SSSR count). The molecule has 0 aliphatic heterocycles. The van der Waals surface area contributed by atoms with E-state index >= 15 is 0 Å². The molecule has 0 spiro atoms. The van der Waals surface area contributed by atoms with Crippen LogP contribution in [0.3, 0.4) is 0 Å². The summed E-state index contributed by atoms with van der Waals surface area (Å²) in [5.41, 5.74) is 6.14. The van der Waals surface area contributed by atoms with Crippen molar-refractivity contribution in [1.29, 1.82) is 0 Å². The fraction of sp³-hybridized carbons (Fsp3) is 0.333. The molecular weight excluding hydrogens is 296 g/mol. The van der Waals surface area contributed by atoms with Gasteiger partial charge in [-0.15, -0.1) is 0 Å². The second-order valence-corrected chi connectivity index (χ2v) is 4.06. The standard InChI is InChI=1S/C18H24O5/c1-5-10-22-11-7-8-12-23-18(15-20-4)17(14-19)16(3)9-13-21-6-2/h9,11-15,19H,3,5-6,10H2,1-2,4H3. The van der Waals surface area contributed by atoms with Crippen molar-refractivity contribution in [1.82, 2.24) is 0 Å². The third kappa shape index (κ3) is 9.75. The van der Waals surface area contributed by atoms with Gasteiger partial charge in [-0.25, -0.2) is 0 Å². The topological polar surface area (TPSA) is 57.2 Å². The molecule has 0 saturated carbocycles. The van der Waals surface area contributed by atoms with Crippen molar-refractivity contribution in [3.8, 4) is 0 Å². The van der Waals surface area contributed by atoms with E-state index in [2.05, 4.69) is 18.0 Å². The zero-order chi connectivity index (χ0) is 17.3. The smallest absolute Gasteiger partial charge is 0.172 e. The van der Waals surface area contributed by atoms with Crippen LogP contribution in [-0.2, 0) is 18.9 Å². The SMILES string of the molecule is C=C(C=COCC)C(=CO)C(=COC)OC=C=C=COCCC. The first-order chi connectivity index (χ1) is 11.2. The highest BCUT2D eigenvalue weighted by Gasteiger charge is 2.09. The lowest BCUT2D eigenvalue weighted by molar-refractivity contribution is 0.250. The van der Waals surface area contributed by atoms with Crippen LogP contribution < -0.4 is 0 Å². The normalized spacial score (nSPS) is 11.3. The zero-order valence-corrected chi connectivity index (χ0v) is 13.9. The summed E-state index contributed by atoms with van der Waals surface area (Å²) in [6, 6.07) is 0. The Morgan fingerprint density at radius 3 is 2.52 bits per heavy atom. The molecule has 0 aliphatic rings. The molecule has 126 valence electrons. The number of rotatable bonds is 11. The van der Waals surface area contributed by atoms with E-state index in [1.54, 1.807) is 6.08 Å². The Morgan fingerprint density at radius 2 is 1.91 bits per heavy atom. The van der Waals surface area contributed by atoms with E-state index in [0.29, 0.717) is 24.4 Å². The van der Waals surface area contributed by atoms with Crippen LogP contribution in [0.4, 0.5) is 0 Å². The fourth-order valence-electron chi connectivity index (χ4n) is 1.26. The summed E-state index contributed by atoms with van der Waals surface area (Å²) >= 11 is 0. The molecule has 0 fully saturated rings. The van der Waals surface area contributed by atoms with Crippen LogP contribution in [0.5, 0.6) is 0 Å². The highest BCUT2D eigenvalue weighted by atomic mass is 16.5. The monoisotopic (exact) mass is 320 g/mol. The highest BCUT2D eigenvalue weighted by Crippen LogP contribution is 2.20. The van der Waals surface area contributed by atoms with E-state index in [1.807, 2.05) is 13.8 Å². The van der Waals surface area contributed by atoms with E-state index in [1.165, 1.54) is 32.2 Å². The fourth-order valence-corrected chi connectivity index (χ4v) is 1.26. The molecule has 0 unspecified atom stereocenters. The molecular formula is C18H24O5. The second-order valence-electron chi connectivity index (χ2n) is 4.06. The number of hydrogen-bond acceptors (Lipinski definition) is 5. The van der Waals surface area contributed by atoms with Gasteiger partial charge in [-0.1, -0.05) is 13.5 Å². The Morgan fingerprint density at radius 1 is 1.17 bits per heavy atom. The van der Waals surface area contributed by atoms with E-state index in [9.17, 15) is 5.11 Å². The van der Waals surface area contributed by atoms with Crippen molar-refractivity contribution in [2.75, 3.05) is 20.3 Å². The van der Waals surface area contributed by atoms with Crippen LogP contribution >= 0.6 is 0 Å². The second kappa shape index (κ2) is 14.2. The molecule has 0 amide bonds. The first-order valence-electron chi connectivity index (χ1n) is 7.19. The maximum atomic E-state index is 9.40. The largest absolute Gasteiger partial charge is 0.515 e. The van der Waals surface area contributed by atoms with E-state index < -0.39 is 0 Å². The Kier molecular flexibility index (Phi) is 12.5. The summed E-state index contributed by atoms with van der Waals surface area (Å²) in [7, 11) is 1.47. The maximum absolute atomic E-state index is 9.40. The predicted molar refractivity (Wildman–Crippen MR) is 89.2 cm³/mol. The molecule has 0 atom stereocenters. The molecule has 0 bridgehead atoms. The summed E-state index contributed by atoms with van der Waals surface area (Å²) in [4.78, 5) is 0. The van der Waals surface area contributed by atoms with Gasteiger partial charge < -0.3 is 24.1 Å². The van der Waals surface area contributed by atoms with Crippen molar-refractivity contribution in [2.24, 2.45) is 0 Å². The molecule has 1 N–H and O–H groups in total. The quantitative estimate of drug-likeness (QED) is 0.267. The van der Waals surface area contributed by atoms with Crippen LogP contribution in [0.25, 0.3) is 0 Å². The molecule has 5 nitrogen and oxygen atoms in total. The van der Waals surface area contributed by atoms with E-state index in [0.717, 1.165) is 12.7 Å². The van der Waals surface area contributed by atoms with Gasteiger partial charge in [0.2, 0.25) is 0 Å². The van der Waals surface area contributed by atoms with Crippen LogP contribution in [0.15, 0.2) is 72.3 Å². The lowest BCUT2D eigenvalue weighted by Gasteiger charge is -2.09. The van der Waals surface area contributed by atoms with Gasteiger partial charge in [0, 0.05) is 0 Å². The molecule has 5 heteroatoms. The lowest BCUT2D eigenvalue weighted by Crippen LogP contribution is -1.96. The van der Waals surface area contributed by atoms with Crippen molar-refractivity contribution in [3.63, 3.8) is 0 Å². The average Bonchev–Trinajstić information content (AvgIpc) is 2.55. The van der Waals surface area contributed by atoms with Gasteiger partial charge in [0.15, 0.2) is 5.76 Å². The van der Waals surface area contributed by atoms with Gasteiger partial charge >= 0.3 is 0 Å². The first-order valence-corrected chi connectivity index (χ1v) is 7.19. The molecule has 0 saturated heterocycles. The molecule has 0 aromatic heterocycles. The van der Waals surface area contributed by atoms with Crippen LogP contribution in [0.2, 0.25) is 0 Å². The number of hydrogen-bond donors (Lipinski definition) is 1. The molecule has 0 aliphatic carbocycles. The molecule has 0 radical (unpaired) electrons. The van der Waals surface area contributed by atoms with Crippen molar-refractivity contribution in [2.45, 2.75) is 20.3 Å². The molecule has 23 heavy (non-hydrogen) atoms. The summed E-state index contributed by atoms with van der Waals surface area (Å²) in [5.74, 6) is 0.255. The highest BCUT2D eigenvalue weighted by molar-refractivity contribution is 5.46. The van der Waals surface area contributed by atoms with Crippen molar-refractivity contribution in [3.05, 3.63) is 72.3 Å². The minimum Gasteiger partial charge on any atom is -0.515 e. The third-order valence-corrected chi connectivity index (χ3v) is 2.29. The number of allylic oxidation sites excluding steroid dienone is 2. The number of aliphatic hydroxyl groups is 1. The van der Waals surface area contributed by atoms with Crippen molar-refractivity contribution < 1.29 is 24.1 Å². The minimum atomic E-state index is 0.255. The van der Waals surface area contributed by atoms with Crippen molar-refractivity contribution >= 4 is 0 Å². The van der Waals surface area contributed by atoms with Gasteiger partial charge in [0.25, 0.3) is 0 Å². The van der Waals surface area contributed by atoms with Gasteiger partial charge in [-0.05, 0) is 36.5 Å². The number of aliphatic hydroxyl groups excluding tert-OH is 1. The average molecular weight is 320 g/mol. The van der Waals surface area contributed by atoms with Crippen LogP contribution in [0, 0.1) is 0 Å². The minimum absolute atomic E-state index is 0.255. The maximum Gasteiger partial charge on any atom is 0.172 e. The third-order valence-electron chi connectivity index (χ3n) is 2.29. The Hall–Kier alpha value is -2.74. The molecule has 0 aromatic carbocycles. The summed E-state index contributed by atoms with van der Waals surface area (Å²) in [6.07, 6.45) is 8.88. The summed E-state index contributed by atoms with van der Waals surface area (Å²) in [6.45, 7) is 8.86. The Labute approximate surface area is 137 Å². The van der Waals surface area contributed by atoms with Crippen LogP contribution in [-0.4, -0.2) is 25.4 Å². The zero-order valence-electron chi connectivity index (χ0n) is 13.9. The van der Waals surface area contributed by atoms with Gasteiger partial charge in [-0.3, -0.25) is 0 Å². The summed E-state index contributed by atoms with van der Waals surface area (Å²) < 4.78 is 20.5. The Bertz CT molecular complexity index is 528. The lowest BCUT2D eigenvalue weighted by atomic mass is 10.1. The number of methoxy groups -OCH3 is 1. The van der Waals surface area contributed by atoms with E-state index in [-0.39, 0.29) is 5.76 Å². The summed E-state index contributed by atoms with van der Waals surface area (Å²) in [5, 5.41) is 9.40.